The van der Waals surface area contributed by atoms with Gasteiger partial charge in [0.05, 0.1) is 11.4 Å². The molecule has 158 valence electrons. The molecule has 1 aromatic carbocycles. The lowest BCUT2D eigenvalue weighted by Gasteiger charge is -2.21. The van der Waals surface area contributed by atoms with Crippen LogP contribution in [0.3, 0.4) is 0 Å². The Morgan fingerprint density at radius 2 is 2.11 bits per heavy atom. The molecule has 7 nitrogen and oxygen atoms in total. The second-order valence-corrected chi connectivity index (χ2v) is 8.68. The van der Waals surface area contributed by atoms with Gasteiger partial charge in [0.15, 0.2) is 5.96 Å². The Morgan fingerprint density at radius 1 is 1.32 bits per heavy atom. The van der Waals surface area contributed by atoms with Crippen molar-refractivity contribution in [2.24, 2.45) is 4.99 Å². The predicted octanol–water partition coefficient (Wildman–Crippen LogP) is 1.43. The molecule has 0 aliphatic carbocycles. The summed E-state index contributed by atoms with van der Waals surface area (Å²) in [5.74, 6) is -0.436. The van der Waals surface area contributed by atoms with Crippen molar-refractivity contribution < 1.29 is 17.2 Å². The van der Waals surface area contributed by atoms with Crippen LogP contribution in [0.1, 0.15) is 26.7 Å². The number of nitrogens with one attached hydrogen (secondary N) is 3. The van der Waals surface area contributed by atoms with E-state index in [9.17, 15) is 17.2 Å². The van der Waals surface area contributed by atoms with Crippen molar-refractivity contribution in [3.63, 3.8) is 0 Å². The predicted molar refractivity (Wildman–Crippen MR) is 108 cm³/mol. The van der Waals surface area contributed by atoms with Crippen LogP contribution in [-0.2, 0) is 10.0 Å². The van der Waals surface area contributed by atoms with Gasteiger partial charge in [0.1, 0.15) is 11.6 Å². The maximum Gasteiger partial charge on any atom is 0.211 e. The van der Waals surface area contributed by atoms with Crippen molar-refractivity contribution in [2.75, 3.05) is 43.4 Å². The first-order valence-corrected chi connectivity index (χ1v) is 11.2. The lowest BCUT2D eigenvalue weighted by atomic mass is 10.2. The van der Waals surface area contributed by atoms with Crippen LogP contribution in [0.5, 0.6) is 0 Å². The molecule has 0 bridgehead atoms. The summed E-state index contributed by atoms with van der Waals surface area (Å²) >= 11 is 0. The summed E-state index contributed by atoms with van der Waals surface area (Å²) in [7, 11) is -3.18. The number of hydrogen-bond acceptors (Lipinski definition) is 4. The van der Waals surface area contributed by atoms with Crippen LogP contribution in [-0.4, -0.2) is 58.9 Å². The van der Waals surface area contributed by atoms with E-state index in [0.29, 0.717) is 50.8 Å². The van der Waals surface area contributed by atoms with Crippen LogP contribution in [0.4, 0.5) is 14.5 Å². The molecule has 1 heterocycles. The van der Waals surface area contributed by atoms with E-state index >= 15 is 0 Å². The molecule has 1 aromatic rings. The Hall–Kier alpha value is -1.94. The van der Waals surface area contributed by atoms with Gasteiger partial charge in [-0.25, -0.2) is 21.9 Å². The average Bonchev–Trinajstić information content (AvgIpc) is 3.09. The van der Waals surface area contributed by atoms with Crippen molar-refractivity contribution in [3.05, 3.63) is 29.8 Å². The average molecular weight is 418 g/mol. The Balaban J connectivity index is 1.85. The first-order chi connectivity index (χ1) is 13.3. The minimum atomic E-state index is -3.18. The number of halogens is 2. The number of benzene rings is 1. The van der Waals surface area contributed by atoms with Gasteiger partial charge in [0, 0.05) is 44.8 Å². The van der Waals surface area contributed by atoms with E-state index in [-0.39, 0.29) is 11.8 Å². The molecule has 1 unspecified atom stereocenters. The topological polar surface area (TPSA) is 85.8 Å². The van der Waals surface area contributed by atoms with Crippen LogP contribution in [0.25, 0.3) is 0 Å². The first-order valence-electron chi connectivity index (χ1n) is 9.56. The number of nitrogens with zero attached hydrogens (tertiary/aromatic N) is 2. The number of aliphatic imine (C=N–C) groups is 1. The molecule has 0 aromatic heterocycles. The van der Waals surface area contributed by atoms with Gasteiger partial charge in [-0.3, -0.25) is 4.99 Å². The fourth-order valence-electron chi connectivity index (χ4n) is 2.95. The molecular formula is C18H29F2N5O2S. The van der Waals surface area contributed by atoms with Crippen LogP contribution in [0.15, 0.2) is 23.2 Å². The van der Waals surface area contributed by atoms with Gasteiger partial charge in [0.25, 0.3) is 0 Å². The molecule has 0 saturated carbocycles. The third-order valence-corrected chi connectivity index (χ3v) is 5.83. The molecule has 1 saturated heterocycles. The fraction of sp³-hybridized carbons (Fsp3) is 0.611. The van der Waals surface area contributed by atoms with Crippen molar-refractivity contribution in [2.45, 2.75) is 32.7 Å². The summed E-state index contributed by atoms with van der Waals surface area (Å²) in [6.45, 7) is 6.32. The van der Waals surface area contributed by atoms with Gasteiger partial charge in [-0.15, -0.1) is 0 Å². The van der Waals surface area contributed by atoms with Crippen LogP contribution >= 0.6 is 0 Å². The third kappa shape index (κ3) is 6.90. The number of anilines is 1. The molecular weight excluding hydrogens is 388 g/mol. The highest BCUT2D eigenvalue weighted by Crippen LogP contribution is 2.24. The highest BCUT2D eigenvalue weighted by atomic mass is 32.2. The van der Waals surface area contributed by atoms with E-state index in [0.717, 1.165) is 12.5 Å². The monoisotopic (exact) mass is 417 g/mol. The van der Waals surface area contributed by atoms with E-state index in [1.165, 1.54) is 12.1 Å². The van der Waals surface area contributed by atoms with Crippen molar-refractivity contribution in [1.29, 1.82) is 0 Å². The zero-order valence-corrected chi connectivity index (χ0v) is 17.2. The Kier molecular flexibility index (Phi) is 8.43. The van der Waals surface area contributed by atoms with Crippen molar-refractivity contribution in [3.8, 4) is 0 Å². The summed E-state index contributed by atoms with van der Waals surface area (Å²) < 4.78 is 52.4. The molecule has 2 rings (SSSR count). The highest BCUT2D eigenvalue weighted by molar-refractivity contribution is 7.89. The summed E-state index contributed by atoms with van der Waals surface area (Å²) in [5, 5.41) is 6.49. The molecule has 28 heavy (non-hydrogen) atoms. The lowest BCUT2D eigenvalue weighted by Crippen LogP contribution is -2.44. The normalized spacial score (nSPS) is 17.8. The first kappa shape index (κ1) is 22.4. The molecule has 10 heteroatoms. The molecule has 1 aliphatic rings. The molecule has 0 amide bonds. The quantitative estimate of drug-likeness (QED) is 0.322. The maximum atomic E-state index is 14.0. The maximum absolute atomic E-state index is 14.0. The second kappa shape index (κ2) is 10.6. The van der Waals surface area contributed by atoms with E-state index in [4.69, 9.17) is 0 Å². The van der Waals surface area contributed by atoms with Gasteiger partial charge >= 0.3 is 0 Å². The summed E-state index contributed by atoms with van der Waals surface area (Å²) in [6.07, 6.45) is 1.39. The molecule has 3 N–H and O–H groups in total. The number of sulfonamides is 1. The van der Waals surface area contributed by atoms with Crippen LogP contribution in [0.2, 0.25) is 0 Å². The largest absolute Gasteiger partial charge is 0.367 e. The van der Waals surface area contributed by atoms with E-state index in [1.807, 2.05) is 11.8 Å². The summed E-state index contributed by atoms with van der Waals surface area (Å²) in [6, 6.07) is 3.70. The second-order valence-electron chi connectivity index (χ2n) is 6.58. The summed E-state index contributed by atoms with van der Waals surface area (Å²) in [5.41, 5.74) is 0.399. The van der Waals surface area contributed by atoms with Crippen molar-refractivity contribution >= 4 is 21.7 Å². The van der Waals surface area contributed by atoms with Gasteiger partial charge < -0.3 is 15.5 Å². The zero-order chi connectivity index (χ0) is 20.6. The van der Waals surface area contributed by atoms with Gasteiger partial charge in [0.2, 0.25) is 10.0 Å². The van der Waals surface area contributed by atoms with Crippen LogP contribution < -0.4 is 20.3 Å². The third-order valence-electron chi connectivity index (χ3n) is 4.43. The Morgan fingerprint density at radius 3 is 2.79 bits per heavy atom. The molecule has 1 aliphatic heterocycles. The highest BCUT2D eigenvalue weighted by Gasteiger charge is 2.25. The smallest absolute Gasteiger partial charge is 0.211 e. The summed E-state index contributed by atoms with van der Waals surface area (Å²) in [4.78, 5) is 6.35. The SMILES string of the molecule is CCNC(=NCCCNS(=O)(=O)CC)NC1CCN(c2ccc(F)cc2F)C1. The number of rotatable bonds is 9. The van der Waals surface area contributed by atoms with Gasteiger partial charge in [-0.05, 0) is 38.8 Å². The van der Waals surface area contributed by atoms with E-state index < -0.39 is 21.7 Å². The number of guanidine groups is 1. The Labute approximate surface area is 165 Å². The van der Waals surface area contributed by atoms with E-state index in [1.54, 1.807) is 6.92 Å². The minimum absolute atomic E-state index is 0.0628. The zero-order valence-electron chi connectivity index (χ0n) is 16.3. The molecule has 0 spiro atoms. The standard InChI is InChI=1S/C18H29F2N5O2S/c1-3-21-18(22-9-5-10-23-28(26,27)4-2)24-15-8-11-25(13-15)17-7-6-14(19)12-16(17)20/h6-7,12,15,23H,3-5,8-11,13H2,1-2H3,(H2,21,22,24). The lowest BCUT2D eigenvalue weighted by molar-refractivity contribution is 0.580. The minimum Gasteiger partial charge on any atom is -0.367 e. The fourth-order valence-corrected chi connectivity index (χ4v) is 3.61. The van der Waals surface area contributed by atoms with Gasteiger partial charge in [-0.2, -0.15) is 0 Å². The molecule has 1 atom stereocenters. The Bertz CT molecular complexity index is 773. The number of hydrogen-bond donors (Lipinski definition) is 3. The van der Waals surface area contributed by atoms with Crippen LogP contribution in [0, 0.1) is 11.6 Å². The van der Waals surface area contributed by atoms with Crippen molar-refractivity contribution in [1.82, 2.24) is 15.4 Å². The molecule has 1 fully saturated rings. The van der Waals surface area contributed by atoms with Gasteiger partial charge in [-0.1, -0.05) is 0 Å². The molecule has 0 radical (unpaired) electrons. The van der Waals surface area contributed by atoms with E-state index in [2.05, 4.69) is 20.3 Å².